The summed E-state index contributed by atoms with van der Waals surface area (Å²) in [7, 11) is 0. The minimum atomic E-state index is -0.794. The first kappa shape index (κ1) is 17.5. The van der Waals surface area contributed by atoms with Crippen molar-refractivity contribution in [3.63, 3.8) is 0 Å². The van der Waals surface area contributed by atoms with Crippen LogP contribution in [0.2, 0.25) is 0 Å². The summed E-state index contributed by atoms with van der Waals surface area (Å²) in [6, 6.07) is 10.8. The standard InChI is InChI=1S/C19H14FN5O3/c20-11-5-6-16-13(9-11)19(28)25(24-23-16)8-7-21-18(27)17(26)14-10-22-15-4-2-1-3-12(14)15/h1-6,9-10,22H,7-8H2,(H,21,27). The number of halogens is 1. The topological polar surface area (TPSA) is 110 Å². The summed E-state index contributed by atoms with van der Waals surface area (Å²) in [5.74, 6) is -2.03. The van der Waals surface area contributed by atoms with Gasteiger partial charge in [0.2, 0.25) is 0 Å². The van der Waals surface area contributed by atoms with Crippen molar-refractivity contribution < 1.29 is 14.0 Å². The predicted octanol–water partition coefficient (Wildman–Crippen LogP) is 1.41. The van der Waals surface area contributed by atoms with Gasteiger partial charge in [-0.05, 0) is 24.3 Å². The second-order valence-electron chi connectivity index (χ2n) is 6.11. The van der Waals surface area contributed by atoms with Gasteiger partial charge in [-0.3, -0.25) is 14.4 Å². The molecule has 2 aromatic carbocycles. The summed E-state index contributed by atoms with van der Waals surface area (Å²) in [6.07, 6.45) is 1.49. The molecule has 0 aliphatic carbocycles. The van der Waals surface area contributed by atoms with E-state index in [0.717, 1.165) is 16.3 Å². The lowest BCUT2D eigenvalue weighted by Crippen LogP contribution is -2.36. The van der Waals surface area contributed by atoms with Crippen molar-refractivity contribution in [1.82, 2.24) is 25.3 Å². The number of aromatic amines is 1. The van der Waals surface area contributed by atoms with Crippen LogP contribution in [-0.4, -0.2) is 38.2 Å². The molecule has 0 saturated carbocycles. The van der Waals surface area contributed by atoms with Gasteiger partial charge < -0.3 is 10.3 Å². The Hall–Kier alpha value is -3.88. The van der Waals surface area contributed by atoms with E-state index in [4.69, 9.17) is 0 Å². The third kappa shape index (κ3) is 3.13. The minimum absolute atomic E-state index is 0.00874. The number of fused-ring (bicyclic) bond motifs is 2. The van der Waals surface area contributed by atoms with Crippen molar-refractivity contribution in [3.8, 4) is 0 Å². The van der Waals surface area contributed by atoms with Gasteiger partial charge in [-0.15, -0.1) is 5.10 Å². The fourth-order valence-electron chi connectivity index (χ4n) is 2.93. The molecule has 0 aliphatic heterocycles. The predicted molar refractivity (Wildman–Crippen MR) is 99.4 cm³/mol. The minimum Gasteiger partial charge on any atom is -0.360 e. The lowest BCUT2D eigenvalue weighted by molar-refractivity contribution is -0.117. The monoisotopic (exact) mass is 379 g/mol. The number of hydrogen-bond acceptors (Lipinski definition) is 5. The molecule has 0 unspecified atom stereocenters. The Kier molecular flexibility index (Phi) is 4.40. The normalized spacial score (nSPS) is 11.0. The summed E-state index contributed by atoms with van der Waals surface area (Å²) >= 11 is 0. The van der Waals surface area contributed by atoms with E-state index in [0.29, 0.717) is 5.39 Å². The molecular weight excluding hydrogens is 365 g/mol. The van der Waals surface area contributed by atoms with Gasteiger partial charge in [-0.1, -0.05) is 23.4 Å². The van der Waals surface area contributed by atoms with E-state index >= 15 is 0 Å². The number of Topliss-reactive ketones (excluding diaryl/α,β-unsaturated/α-hetero) is 1. The zero-order chi connectivity index (χ0) is 19.7. The first-order valence-electron chi connectivity index (χ1n) is 8.46. The Bertz CT molecular complexity index is 1280. The molecule has 140 valence electrons. The molecule has 1 amide bonds. The van der Waals surface area contributed by atoms with E-state index in [-0.39, 0.29) is 29.6 Å². The highest BCUT2D eigenvalue weighted by atomic mass is 19.1. The average Bonchev–Trinajstić information content (AvgIpc) is 3.13. The van der Waals surface area contributed by atoms with E-state index < -0.39 is 23.1 Å². The summed E-state index contributed by atoms with van der Waals surface area (Å²) in [4.78, 5) is 39.8. The van der Waals surface area contributed by atoms with Crippen LogP contribution in [0.15, 0.2) is 53.5 Å². The molecule has 9 heteroatoms. The van der Waals surface area contributed by atoms with Gasteiger partial charge in [0.05, 0.1) is 17.5 Å². The summed E-state index contributed by atoms with van der Waals surface area (Å²) in [5, 5.41) is 10.8. The number of benzene rings is 2. The van der Waals surface area contributed by atoms with Crippen molar-refractivity contribution >= 4 is 33.5 Å². The van der Waals surface area contributed by atoms with Crippen molar-refractivity contribution in [2.45, 2.75) is 6.54 Å². The summed E-state index contributed by atoms with van der Waals surface area (Å²) in [5.41, 5.74) is 0.776. The maximum absolute atomic E-state index is 13.3. The smallest absolute Gasteiger partial charge is 0.292 e. The molecular formula is C19H14FN5O3. The molecule has 0 atom stereocenters. The van der Waals surface area contributed by atoms with Gasteiger partial charge in [-0.2, -0.15) is 0 Å². The lowest BCUT2D eigenvalue weighted by Gasteiger charge is -2.06. The van der Waals surface area contributed by atoms with Crippen LogP contribution in [0.1, 0.15) is 10.4 Å². The average molecular weight is 379 g/mol. The van der Waals surface area contributed by atoms with E-state index in [1.807, 2.05) is 6.07 Å². The van der Waals surface area contributed by atoms with Crippen LogP contribution in [0, 0.1) is 5.82 Å². The molecule has 4 rings (SSSR count). The van der Waals surface area contributed by atoms with Crippen LogP contribution in [0.5, 0.6) is 0 Å². The number of rotatable bonds is 5. The van der Waals surface area contributed by atoms with Crippen LogP contribution >= 0.6 is 0 Å². The number of ketones is 1. The third-order valence-corrected chi connectivity index (χ3v) is 4.33. The van der Waals surface area contributed by atoms with Crippen molar-refractivity contribution in [2.24, 2.45) is 0 Å². The largest absolute Gasteiger partial charge is 0.360 e. The Morgan fingerprint density at radius 2 is 1.96 bits per heavy atom. The summed E-state index contributed by atoms with van der Waals surface area (Å²) < 4.78 is 14.4. The fraction of sp³-hybridized carbons (Fsp3) is 0.105. The van der Waals surface area contributed by atoms with Crippen LogP contribution < -0.4 is 10.9 Å². The second-order valence-corrected chi connectivity index (χ2v) is 6.11. The number of nitrogens with zero attached hydrogens (tertiary/aromatic N) is 3. The molecule has 0 spiro atoms. The number of aromatic nitrogens is 4. The quantitative estimate of drug-likeness (QED) is 0.402. The first-order chi connectivity index (χ1) is 13.5. The van der Waals surface area contributed by atoms with E-state index in [9.17, 15) is 18.8 Å². The number of H-pyrrole nitrogens is 1. The zero-order valence-corrected chi connectivity index (χ0v) is 14.5. The SMILES string of the molecule is O=C(NCCn1nnc2ccc(F)cc2c1=O)C(=O)c1c[nH]c2ccccc12. The number of carbonyl (C=O) groups is 2. The number of nitrogens with one attached hydrogen (secondary N) is 2. The maximum Gasteiger partial charge on any atom is 0.292 e. The van der Waals surface area contributed by atoms with Gasteiger partial charge in [0.15, 0.2) is 0 Å². The van der Waals surface area contributed by atoms with Crippen LogP contribution in [-0.2, 0) is 11.3 Å². The zero-order valence-electron chi connectivity index (χ0n) is 14.5. The highest BCUT2D eigenvalue weighted by molar-refractivity contribution is 6.44. The molecule has 0 saturated heterocycles. The molecule has 0 radical (unpaired) electrons. The van der Waals surface area contributed by atoms with E-state index in [1.54, 1.807) is 18.2 Å². The molecule has 0 bridgehead atoms. The summed E-state index contributed by atoms with van der Waals surface area (Å²) in [6.45, 7) is -0.0203. The van der Waals surface area contributed by atoms with E-state index in [2.05, 4.69) is 20.6 Å². The molecule has 4 aromatic rings. The van der Waals surface area contributed by atoms with E-state index in [1.165, 1.54) is 18.3 Å². The molecule has 28 heavy (non-hydrogen) atoms. The third-order valence-electron chi connectivity index (χ3n) is 4.33. The highest BCUT2D eigenvalue weighted by Gasteiger charge is 2.19. The molecule has 2 heterocycles. The Labute approximate surface area is 157 Å². The van der Waals surface area contributed by atoms with Crippen LogP contribution in [0.3, 0.4) is 0 Å². The van der Waals surface area contributed by atoms with Gasteiger partial charge in [-0.25, -0.2) is 9.07 Å². The molecule has 0 fully saturated rings. The second kappa shape index (κ2) is 7.03. The van der Waals surface area contributed by atoms with Gasteiger partial charge >= 0.3 is 0 Å². The highest BCUT2D eigenvalue weighted by Crippen LogP contribution is 2.18. The number of amides is 1. The van der Waals surface area contributed by atoms with Gasteiger partial charge in [0.1, 0.15) is 11.3 Å². The number of hydrogen-bond donors (Lipinski definition) is 2. The lowest BCUT2D eigenvalue weighted by atomic mass is 10.1. The molecule has 0 aliphatic rings. The fourth-order valence-corrected chi connectivity index (χ4v) is 2.93. The number of para-hydroxylation sites is 1. The first-order valence-corrected chi connectivity index (χ1v) is 8.46. The Morgan fingerprint density at radius 1 is 1.14 bits per heavy atom. The van der Waals surface area contributed by atoms with Gasteiger partial charge in [0, 0.05) is 23.6 Å². The number of carbonyl (C=O) groups excluding carboxylic acids is 2. The van der Waals surface area contributed by atoms with Gasteiger partial charge in [0.25, 0.3) is 17.2 Å². The Morgan fingerprint density at radius 3 is 2.82 bits per heavy atom. The van der Waals surface area contributed by atoms with Crippen molar-refractivity contribution in [1.29, 1.82) is 0 Å². The molecule has 2 N–H and O–H groups in total. The van der Waals surface area contributed by atoms with Crippen molar-refractivity contribution in [2.75, 3.05) is 6.54 Å². The van der Waals surface area contributed by atoms with Crippen LogP contribution in [0.4, 0.5) is 4.39 Å². The Balaban J connectivity index is 1.46. The maximum atomic E-state index is 13.3. The molecule has 8 nitrogen and oxygen atoms in total. The van der Waals surface area contributed by atoms with Crippen molar-refractivity contribution in [3.05, 3.63) is 70.4 Å². The van der Waals surface area contributed by atoms with Crippen LogP contribution in [0.25, 0.3) is 21.8 Å². The molecule has 2 aromatic heterocycles.